The van der Waals surface area contributed by atoms with Gasteiger partial charge in [0.15, 0.2) is 38.0 Å². The first kappa shape index (κ1) is 38.7. The van der Waals surface area contributed by atoms with Gasteiger partial charge in [-0.05, 0) is 68.1 Å². The minimum Gasteiger partial charge on any atom is -0.454 e. The van der Waals surface area contributed by atoms with Crippen LogP contribution in [0.3, 0.4) is 0 Å². The molecule has 0 radical (unpaired) electrons. The van der Waals surface area contributed by atoms with Gasteiger partial charge in [-0.2, -0.15) is 0 Å². The molecule has 14 heteroatoms. The largest absolute Gasteiger partial charge is 0.509 e. The van der Waals surface area contributed by atoms with Gasteiger partial charge >= 0.3 is 24.1 Å². The monoisotopic (exact) mass is 768 g/mol. The summed E-state index contributed by atoms with van der Waals surface area (Å²) in [6.07, 6.45) is -7.70. The molecule has 1 spiro atoms. The summed E-state index contributed by atoms with van der Waals surface area (Å²) in [4.78, 5) is 71.0. The molecular weight excluding hydrogens is 717 g/mol. The zero-order valence-corrected chi connectivity index (χ0v) is 33.3. The van der Waals surface area contributed by atoms with Gasteiger partial charge in [-0.1, -0.05) is 52.8 Å². The molecule has 54 heavy (non-hydrogen) atoms. The maximum absolute atomic E-state index is 16.1. The molecule has 7 rings (SSSR count). The number of ether oxygens (including phenoxy) is 6. The molecule has 0 amide bonds. The lowest BCUT2D eigenvalue weighted by Gasteiger charge is -2.68. The van der Waals surface area contributed by atoms with Crippen LogP contribution in [0.5, 0.6) is 0 Å². The van der Waals surface area contributed by atoms with E-state index in [1.54, 1.807) is 58.0 Å². The minimum absolute atomic E-state index is 0.139. The highest BCUT2D eigenvalue weighted by atomic mass is 28.4. The van der Waals surface area contributed by atoms with Crippen molar-refractivity contribution in [2.24, 2.45) is 22.7 Å². The third kappa shape index (κ3) is 5.36. The quantitative estimate of drug-likeness (QED) is 0.142. The molecule has 294 valence electrons. The van der Waals surface area contributed by atoms with E-state index in [9.17, 15) is 24.3 Å². The summed E-state index contributed by atoms with van der Waals surface area (Å²) in [5, 5.41) is 12.1. The van der Waals surface area contributed by atoms with Crippen LogP contribution in [0.4, 0.5) is 4.79 Å². The lowest BCUT2D eigenvalue weighted by atomic mass is 9.44. The van der Waals surface area contributed by atoms with Crippen LogP contribution in [0.25, 0.3) is 0 Å². The summed E-state index contributed by atoms with van der Waals surface area (Å²) in [5.74, 6) is -4.31. The number of hydrogen-bond donors (Lipinski definition) is 1. The SMILES string of the molecule is CC[Si](CC)(CC)O[C@H]1C[C@H]2OC[C@@]2(OC(C)=O)C2C(OC(=O)c3ccccc3)[C@]34OC(=O)O[C@H]3[C@H](O)C(C)=C([C@@H](OC(=O)C3CC3)C(=O)[C@@]21C)C4(C)C. The number of aliphatic hydroxyl groups excluding tert-OH is 1. The van der Waals surface area contributed by atoms with Crippen LogP contribution in [0.15, 0.2) is 41.5 Å². The van der Waals surface area contributed by atoms with Crippen molar-refractivity contribution in [2.45, 2.75) is 141 Å². The van der Waals surface area contributed by atoms with E-state index in [0.29, 0.717) is 12.8 Å². The number of rotatable bonds is 10. The standard InChI is InChI=1S/C40H52O13Si/c1-9-54(10-2,11-3)53-25-19-26-39(20-47-26,51-22(5)41)30-33(49-35(45)23-15-13-12-14-16-23)40-32(50-36(46)52-40)28(42)21(4)27(37(40,6)7)29(31(43)38(25,30)8)48-34(44)24-17-18-24/h12-16,24-26,28-30,32-33,42H,9-11,17-20H2,1-8H3/t25-,26+,28+,29+,30?,32-,33?,38+,39-,40+/m0/s1. The summed E-state index contributed by atoms with van der Waals surface area (Å²) in [5.41, 5.74) is -6.24. The fourth-order valence-electron chi connectivity index (χ4n) is 10.5. The van der Waals surface area contributed by atoms with E-state index in [1.807, 2.05) is 0 Å². The number of Topliss-reactive ketones (excluding diaryl/α,β-unsaturated/α-hetero) is 1. The lowest BCUT2D eigenvalue weighted by Crippen LogP contribution is -2.83. The van der Waals surface area contributed by atoms with Gasteiger partial charge in [0.1, 0.15) is 12.2 Å². The number of carbonyl (C=O) groups excluding carboxylic acids is 5. The summed E-state index contributed by atoms with van der Waals surface area (Å²) in [7, 11) is -2.55. The Labute approximate surface area is 316 Å². The van der Waals surface area contributed by atoms with Crippen molar-refractivity contribution in [2.75, 3.05) is 6.61 Å². The van der Waals surface area contributed by atoms with Crippen LogP contribution in [-0.2, 0) is 47.2 Å². The molecule has 1 N–H and O–H groups in total. The lowest BCUT2D eigenvalue weighted by molar-refractivity contribution is -0.344. The molecule has 2 heterocycles. The molecule has 13 nitrogen and oxygen atoms in total. The Morgan fingerprint density at radius 2 is 1.63 bits per heavy atom. The molecule has 6 aliphatic rings. The average molecular weight is 769 g/mol. The van der Waals surface area contributed by atoms with Gasteiger partial charge in [-0.3, -0.25) is 14.4 Å². The highest BCUT2D eigenvalue weighted by molar-refractivity contribution is 6.73. The highest BCUT2D eigenvalue weighted by Gasteiger charge is 2.83. The molecule has 2 unspecified atom stereocenters. The fraction of sp³-hybridized carbons (Fsp3) is 0.675. The van der Waals surface area contributed by atoms with E-state index in [0.717, 1.165) is 18.1 Å². The van der Waals surface area contributed by atoms with Gasteiger partial charge in [0.25, 0.3) is 0 Å². The van der Waals surface area contributed by atoms with Crippen LogP contribution < -0.4 is 0 Å². The molecule has 1 aromatic rings. The normalized spacial score (nSPS) is 37.9. The summed E-state index contributed by atoms with van der Waals surface area (Å²) in [6, 6.07) is 10.4. The fourth-order valence-corrected chi connectivity index (χ4v) is 13.4. The average Bonchev–Trinajstić information content (AvgIpc) is 3.93. The topological polar surface area (TPSA) is 170 Å². The Kier molecular flexibility index (Phi) is 9.50. The zero-order chi connectivity index (χ0) is 39.2. The maximum atomic E-state index is 16.1. The second kappa shape index (κ2) is 13.3. The third-order valence-electron chi connectivity index (χ3n) is 13.8. The van der Waals surface area contributed by atoms with Gasteiger partial charge < -0.3 is 38.0 Å². The van der Waals surface area contributed by atoms with Gasteiger partial charge in [0, 0.05) is 18.8 Å². The van der Waals surface area contributed by atoms with Crippen LogP contribution in [0, 0.1) is 22.7 Å². The molecule has 2 saturated heterocycles. The number of benzene rings is 1. The Morgan fingerprint density at radius 3 is 2.19 bits per heavy atom. The third-order valence-corrected chi connectivity index (χ3v) is 18.5. The van der Waals surface area contributed by atoms with E-state index in [2.05, 4.69) is 20.8 Å². The van der Waals surface area contributed by atoms with Gasteiger partial charge in [0.05, 0.1) is 35.5 Å². The highest BCUT2D eigenvalue weighted by Crippen LogP contribution is 2.67. The molecule has 1 aromatic carbocycles. The Hall–Kier alpha value is -3.59. The maximum Gasteiger partial charge on any atom is 0.509 e. The second-order valence-corrected chi connectivity index (χ2v) is 21.4. The first-order chi connectivity index (χ1) is 25.5. The number of fused-ring (bicyclic) bond motifs is 4. The van der Waals surface area contributed by atoms with Crippen LogP contribution in [0.1, 0.15) is 85.0 Å². The molecule has 3 saturated carbocycles. The van der Waals surface area contributed by atoms with Crippen molar-refractivity contribution in [3.8, 4) is 0 Å². The molecule has 4 aliphatic carbocycles. The summed E-state index contributed by atoms with van der Waals surface area (Å²) < 4.78 is 44.9. The first-order valence-electron chi connectivity index (χ1n) is 19.3. The Balaban J connectivity index is 1.57. The van der Waals surface area contributed by atoms with Crippen molar-refractivity contribution >= 4 is 38.2 Å². The smallest absolute Gasteiger partial charge is 0.454 e. The zero-order valence-electron chi connectivity index (χ0n) is 32.3. The first-order valence-corrected chi connectivity index (χ1v) is 21.8. The van der Waals surface area contributed by atoms with Crippen molar-refractivity contribution in [1.29, 1.82) is 0 Å². The van der Waals surface area contributed by atoms with Gasteiger partial charge in [-0.25, -0.2) is 9.59 Å². The molecule has 0 aromatic heterocycles. The minimum atomic E-state index is -2.55. The Bertz CT molecular complexity index is 1760. The number of ketones is 1. The van der Waals surface area contributed by atoms with E-state index in [-0.39, 0.29) is 29.7 Å². The van der Waals surface area contributed by atoms with Crippen molar-refractivity contribution in [3.63, 3.8) is 0 Å². The summed E-state index contributed by atoms with van der Waals surface area (Å²) in [6.45, 7) is 14.0. The predicted octanol–water partition coefficient (Wildman–Crippen LogP) is 5.23. The van der Waals surface area contributed by atoms with Crippen molar-refractivity contribution in [1.82, 2.24) is 0 Å². The van der Waals surface area contributed by atoms with Crippen LogP contribution >= 0.6 is 0 Å². The van der Waals surface area contributed by atoms with Crippen LogP contribution in [0.2, 0.25) is 18.1 Å². The van der Waals surface area contributed by atoms with E-state index < -0.39 is 109 Å². The molecule has 5 fully saturated rings. The molecule has 2 bridgehead atoms. The van der Waals surface area contributed by atoms with E-state index in [1.165, 1.54) is 6.92 Å². The molecule has 10 atom stereocenters. The summed E-state index contributed by atoms with van der Waals surface area (Å²) >= 11 is 0. The number of aliphatic hydroxyl groups is 1. The number of carbonyl (C=O) groups is 5. The number of hydrogen-bond acceptors (Lipinski definition) is 13. The van der Waals surface area contributed by atoms with Gasteiger partial charge in [0.2, 0.25) is 5.60 Å². The Morgan fingerprint density at radius 1 is 0.981 bits per heavy atom. The van der Waals surface area contributed by atoms with E-state index in [4.69, 9.17) is 32.8 Å². The number of esters is 3. The van der Waals surface area contributed by atoms with Gasteiger partial charge in [-0.15, -0.1) is 0 Å². The van der Waals surface area contributed by atoms with Crippen molar-refractivity contribution < 1.29 is 61.9 Å². The van der Waals surface area contributed by atoms with E-state index >= 15 is 4.79 Å². The molecule has 2 aliphatic heterocycles. The van der Waals surface area contributed by atoms with Crippen LogP contribution in [-0.4, -0.2) is 97.7 Å². The second-order valence-electron chi connectivity index (χ2n) is 16.7. The predicted molar refractivity (Wildman–Crippen MR) is 192 cm³/mol. The van der Waals surface area contributed by atoms with Crippen molar-refractivity contribution in [3.05, 3.63) is 47.0 Å². The molecular formula is C40H52O13Si.